The predicted molar refractivity (Wildman–Crippen MR) is 133 cm³/mol. The smallest absolute Gasteiger partial charge is 0.223 e. The Morgan fingerprint density at radius 1 is 0.971 bits per heavy atom. The number of benzene rings is 2. The number of anilines is 1. The molecule has 0 saturated carbocycles. The van der Waals surface area contributed by atoms with Gasteiger partial charge in [0.1, 0.15) is 12.1 Å². The lowest BCUT2D eigenvalue weighted by molar-refractivity contribution is -0.125. The summed E-state index contributed by atoms with van der Waals surface area (Å²) in [5.41, 5.74) is 2.97. The van der Waals surface area contributed by atoms with E-state index in [0.29, 0.717) is 25.5 Å². The molecule has 1 aliphatic rings. The number of carbonyl (C=O) groups excluding carboxylic acids is 1. The number of piperidine rings is 1. The van der Waals surface area contributed by atoms with E-state index in [9.17, 15) is 4.79 Å². The number of ether oxygens (including phenoxy) is 2. The Morgan fingerprint density at radius 3 is 2.44 bits per heavy atom. The maximum Gasteiger partial charge on any atom is 0.223 e. The first-order valence-corrected chi connectivity index (χ1v) is 12.0. The van der Waals surface area contributed by atoms with E-state index in [1.807, 2.05) is 68.4 Å². The summed E-state index contributed by atoms with van der Waals surface area (Å²) in [4.78, 5) is 23.9. The van der Waals surface area contributed by atoms with Gasteiger partial charge in [0.05, 0.1) is 18.9 Å². The van der Waals surface area contributed by atoms with Crippen molar-refractivity contribution < 1.29 is 14.3 Å². The van der Waals surface area contributed by atoms with Crippen molar-refractivity contribution in [3.8, 4) is 22.8 Å². The van der Waals surface area contributed by atoms with Crippen molar-refractivity contribution in [3.05, 3.63) is 66.5 Å². The summed E-state index contributed by atoms with van der Waals surface area (Å²) in [6.45, 7) is 7.09. The molecule has 7 nitrogen and oxygen atoms in total. The highest BCUT2D eigenvalue weighted by atomic mass is 16.5. The Bertz CT molecular complexity index is 1080. The fourth-order valence-electron chi connectivity index (χ4n) is 4.20. The molecule has 3 aromatic rings. The van der Waals surface area contributed by atoms with Gasteiger partial charge < -0.3 is 19.7 Å². The maximum atomic E-state index is 12.8. The van der Waals surface area contributed by atoms with Crippen LogP contribution in [0.15, 0.2) is 60.9 Å². The van der Waals surface area contributed by atoms with Gasteiger partial charge in [-0.15, -0.1) is 0 Å². The number of nitrogens with zero attached hydrogens (tertiary/aromatic N) is 3. The van der Waals surface area contributed by atoms with Crippen molar-refractivity contribution in [2.24, 2.45) is 5.92 Å². The van der Waals surface area contributed by atoms with Gasteiger partial charge in [0.15, 0.2) is 11.5 Å². The van der Waals surface area contributed by atoms with Gasteiger partial charge >= 0.3 is 0 Å². The maximum absolute atomic E-state index is 12.8. The van der Waals surface area contributed by atoms with Crippen LogP contribution in [0.2, 0.25) is 0 Å². The molecule has 34 heavy (non-hydrogen) atoms. The molecule has 2 aromatic carbocycles. The minimum Gasteiger partial charge on any atom is -0.490 e. The molecule has 1 fully saturated rings. The van der Waals surface area contributed by atoms with E-state index in [2.05, 4.69) is 20.2 Å². The van der Waals surface area contributed by atoms with Gasteiger partial charge in [0.2, 0.25) is 5.91 Å². The minimum absolute atomic E-state index is 0.000686. The van der Waals surface area contributed by atoms with E-state index in [1.165, 1.54) is 0 Å². The van der Waals surface area contributed by atoms with Gasteiger partial charge in [0.25, 0.3) is 0 Å². The highest BCUT2D eigenvalue weighted by Crippen LogP contribution is 2.29. The van der Waals surface area contributed by atoms with Crippen LogP contribution in [0, 0.1) is 5.92 Å². The first-order valence-electron chi connectivity index (χ1n) is 12.0. The summed E-state index contributed by atoms with van der Waals surface area (Å²) in [5, 5.41) is 3.10. The van der Waals surface area contributed by atoms with Gasteiger partial charge in [-0.3, -0.25) is 4.79 Å². The lowest BCUT2D eigenvalue weighted by Gasteiger charge is -2.32. The van der Waals surface area contributed by atoms with Crippen LogP contribution in [-0.2, 0) is 11.3 Å². The number of rotatable bonds is 9. The summed E-state index contributed by atoms with van der Waals surface area (Å²) in [7, 11) is 0. The molecule has 0 spiro atoms. The SMILES string of the molecule is CCOc1ccc(CNC(=O)C2CCN(c3cc(-c4ccccc4)ncn3)CC2)cc1OCC. The zero-order valence-corrected chi connectivity index (χ0v) is 19.9. The molecule has 178 valence electrons. The molecule has 1 aromatic heterocycles. The summed E-state index contributed by atoms with van der Waals surface area (Å²) in [5.74, 6) is 2.45. The summed E-state index contributed by atoms with van der Waals surface area (Å²) in [6.07, 6.45) is 3.21. The molecule has 0 bridgehead atoms. The molecule has 1 amide bonds. The van der Waals surface area contributed by atoms with Gasteiger partial charge in [-0.2, -0.15) is 0 Å². The van der Waals surface area contributed by atoms with Gasteiger partial charge in [-0.05, 0) is 44.4 Å². The third-order valence-electron chi connectivity index (χ3n) is 5.99. The van der Waals surface area contributed by atoms with Crippen molar-refractivity contribution >= 4 is 11.7 Å². The van der Waals surface area contributed by atoms with Crippen molar-refractivity contribution in [2.45, 2.75) is 33.2 Å². The number of hydrogen-bond donors (Lipinski definition) is 1. The van der Waals surface area contributed by atoms with Crippen LogP contribution in [0.5, 0.6) is 11.5 Å². The standard InChI is InChI=1S/C27H32N4O3/c1-3-33-24-11-10-20(16-25(24)34-4-2)18-28-27(32)22-12-14-31(15-13-22)26-17-23(29-19-30-26)21-8-6-5-7-9-21/h5-11,16-17,19,22H,3-4,12-15,18H2,1-2H3,(H,28,32). The van der Waals surface area contributed by atoms with Crippen LogP contribution in [-0.4, -0.2) is 42.2 Å². The molecule has 0 radical (unpaired) electrons. The van der Waals surface area contributed by atoms with Crippen LogP contribution in [0.25, 0.3) is 11.3 Å². The number of hydrogen-bond acceptors (Lipinski definition) is 6. The van der Waals surface area contributed by atoms with Gasteiger partial charge in [0, 0.05) is 37.2 Å². The van der Waals surface area contributed by atoms with Crippen LogP contribution in [0.3, 0.4) is 0 Å². The van der Waals surface area contributed by atoms with Crippen LogP contribution < -0.4 is 19.7 Å². The lowest BCUT2D eigenvalue weighted by atomic mass is 9.95. The second-order valence-corrected chi connectivity index (χ2v) is 8.25. The summed E-state index contributed by atoms with van der Waals surface area (Å²) < 4.78 is 11.3. The van der Waals surface area contributed by atoms with Crippen LogP contribution in [0.1, 0.15) is 32.3 Å². The van der Waals surface area contributed by atoms with Crippen molar-refractivity contribution in [1.82, 2.24) is 15.3 Å². The molecule has 4 rings (SSSR count). The Kier molecular flexibility index (Phi) is 7.96. The number of nitrogens with one attached hydrogen (secondary N) is 1. The van der Waals surface area contributed by atoms with E-state index in [-0.39, 0.29) is 11.8 Å². The monoisotopic (exact) mass is 460 g/mol. The highest BCUT2D eigenvalue weighted by Gasteiger charge is 2.25. The van der Waals surface area contributed by atoms with E-state index in [1.54, 1.807) is 6.33 Å². The Labute approximate surface area is 201 Å². The molecule has 7 heteroatoms. The fraction of sp³-hybridized carbons (Fsp3) is 0.370. The summed E-state index contributed by atoms with van der Waals surface area (Å²) >= 11 is 0. The molecule has 0 atom stereocenters. The Balaban J connectivity index is 1.31. The molecule has 0 aliphatic carbocycles. The van der Waals surface area contributed by atoms with E-state index < -0.39 is 0 Å². The topological polar surface area (TPSA) is 76.6 Å². The lowest BCUT2D eigenvalue weighted by Crippen LogP contribution is -2.40. The first-order chi connectivity index (χ1) is 16.7. The molecule has 1 aliphatic heterocycles. The van der Waals surface area contributed by atoms with E-state index >= 15 is 0 Å². The number of aromatic nitrogens is 2. The molecular weight excluding hydrogens is 428 g/mol. The Morgan fingerprint density at radius 2 is 1.71 bits per heavy atom. The average molecular weight is 461 g/mol. The molecule has 1 N–H and O–H groups in total. The second-order valence-electron chi connectivity index (χ2n) is 8.25. The number of amides is 1. The van der Waals surface area contributed by atoms with E-state index in [0.717, 1.165) is 54.3 Å². The van der Waals surface area contributed by atoms with Crippen LogP contribution >= 0.6 is 0 Å². The van der Waals surface area contributed by atoms with Gasteiger partial charge in [-0.25, -0.2) is 9.97 Å². The zero-order chi connectivity index (χ0) is 23.8. The third-order valence-corrected chi connectivity index (χ3v) is 5.99. The zero-order valence-electron chi connectivity index (χ0n) is 19.9. The minimum atomic E-state index is 0.000686. The fourth-order valence-corrected chi connectivity index (χ4v) is 4.20. The molecule has 1 saturated heterocycles. The average Bonchev–Trinajstić information content (AvgIpc) is 2.89. The molecule has 0 unspecified atom stereocenters. The highest BCUT2D eigenvalue weighted by molar-refractivity contribution is 5.79. The molecule has 2 heterocycles. The third kappa shape index (κ3) is 5.84. The predicted octanol–water partition coefficient (Wildman–Crippen LogP) is 4.47. The van der Waals surface area contributed by atoms with Crippen molar-refractivity contribution in [3.63, 3.8) is 0 Å². The quantitative estimate of drug-likeness (QED) is 0.508. The second kappa shape index (κ2) is 11.5. The first kappa shape index (κ1) is 23.5. The van der Waals surface area contributed by atoms with Crippen molar-refractivity contribution in [1.29, 1.82) is 0 Å². The van der Waals surface area contributed by atoms with E-state index in [4.69, 9.17) is 9.47 Å². The summed E-state index contributed by atoms with van der Waals surface area (Å²) in [6, 6.07) is 17.9. The van der Waals surface area contributed by atoms with Crippen LogP contribution in [0.4, 0.5) is 5.82 Å². The number of carbonyl (C=O) groups is 1. The Hall–Kier alpha value is -3.61. The largest absolute Gasteiger partial charge is 0.490 e. The normalized spacial score (nSPS) is 14.0. The van der Waals surface area contributed by atoms with Crippen molar-refractivity contribution in [2.75, 3.05) is 31.2 Å². The van der Waals surface area contributed by atoms with Gasteiger partial charge in [-0.1, -0.05) is 36.4 Å². The molecular formula is C27H32N4O3.